The van der Waals surface area contributed by atoms with Crippen molar-refractivity contribution in [1.29, 1.82) is 0 Å². The van der Waals surface area contributed by atoms with Gasteiger partial charge in [0.05, 0.1) is 6.54 Å². The minimum Gasteiger partial charge on any atom is -0.296 e. The first-order valence-electron chi connectivity index (χ1n) is 4.48. The van der Waals surface area contributed by atoms with Crippen LogP contribution in [0, 0.1) is 6.92 Å². The van der Waals surface area contributed by atoms with E-state index in [9.17, 15) is 9.59 Å². The van der Waals surface area contributed by atoms with Crippen LogP contribution in [0.1, 0.15) is 11.1 Å². The second-order valence-corrected chi connectivity index (χ2v) is 4.11. The highest BCUT2D eigenvalue weighted by molar-refractivity contribution is 7.07. The highest BCUT2D eigenvalue weighted by Crippen LogP contribution is 2.06. The van der Waals surface area contributed by atoms with Gasteiger partial charge in [0, 0.05) is 11.8 Å². The number of thiophene rings is 1. The van der Waals surface area contributed by atoms with Crippen molar-refractivity contribution >= 4 is 11.3 Å². The van der Waals surface area contributed by atoms with Crippen molar-refractivity contribution in [2.75, 3.05) is 0 Å². The molecule has 0 fully saturated rings. The maximum atomic E-state index is 11.4. The van der Waals surface area contributed by atoms with Crippen molar-refractivity contribution in [3.63, 3.8) is 0 Å². The summed E-state index contributed by atoms with van der Waals surface area (Å²) < 4.78 is 1.50. The van der Waals surface area contributed by atoms with Gasteiger partial charge in [0.15, 0.2) is 0 Å². The summed E-state index contributed by atoms with van der Waals surface area (Å²) in [7, 11) is 0. The minimum atomic E-state index is -0.364. The van der Waals surface area contributed by atoms with Crippen LogP contribution in [0.5, 0.6) is 0 Å². The molecule has 0 aliphatic carbocycles. The van der Waals surface area contributed by atoms with E-state index in [1.807, 2.05) is 16.8 Å². The van der Waals surface area contributed by atoms with Gasteiger partial charge in [-0.1, -0.05) is 0 Å². The predicted molar refractivity (Wildman–Crippen MR) is 59.5 cm³/mol. The summed E-state index contributed by atoms with van der Waals surface area (Å²) in [5.41, 5.74) is 0.928. The number of nitrogens with zero attached hydrogens (tertiary/aromatic N) is 1. The molecule has 1 N–H and O–H groups in total. The molecule has 0 saturated carbocycles. The van der Waals surface area contributed by atoms with Gasteiger partial charge < -0.3 is 0 Å². The number of aromatic nitrogens is 2. The summed E-state index contributed by atoms with van der Waals surface area (Å²) in [5.74, 6) is 0. The fourth-order valence-corrected chi connectivity index (χ4v) is 1.98. The average Bonchev–Trinajstić information content (AvgIpc) is 2.67. The molecule has 0 saturated heterocycles. The van der Waals surface area contributed by atoms with Crippen molar-refractivity contribution < 1.29 is 0 Å². The lowest BCUT2D eigenvalue weighted by Crippen LogP contribution is -2.30. The van der Waals surface area contributed by atoms with Crippen molar-refractivity contribution in [3.05, 3.63) is 55.0 Å². The molecule has 0 aliphatic heterocycles. The number of aryl methyl sites for hydroxylation is 1. The second kappa shape index (κ2) is 3.86. The molecule has 0 unspecified atom stereocenters. The fraction of sp³-hybridized carbons (Fsp3) is 0.200. The number of hydrogen-bond acceptors (Lipinski definition) is 3. The third-order valence-corrected chi connectivity index (χ3v) is 2.85. The summed E-state index contributed by atoms with van der Waals surface area (Å²) in [4.78, 5) is 24.8. The highest BCUT2D eigenvalue weighted by atomic mass is 32.1. The molecular formula is C10H10N2O2S. The molecule has 4 nitrogen and oxygen atoms in total. The van der Waals surface area contributed by atoms with Gasteiger partial charge in [0.2, 0.25) is 0 Å². The smallest absolute Gasteiger partial charge is 0.296 e. The molecule has 78 valence electrons. The fourth-order valence-electron chi connectivity index (χ4n) is 1.32. The molecule has 15 heavy (non-hydrogen) atoms. The lowest BCUT2D eigenvalue weighted by atomic mass is 10.3. The van der Waals surface area contributed by atoms with E-state index < -0.39 is 0 Å². The summed E-state index contributed by atoms with van der Waals surface area (Å²) >= 11 is 1.58. The van der Waals surface area contributed by atoms with Crippen molar-refractivity contribution in [3.8, 4) is 0 Å². The maximum Gasteiger partial charge on any atom is 0.328 e. The van der Waals surface area contributed by atoms with E-state index in [2.05, 4.69) is 4.98 Å². The van der Waals surface area contributed by atoms with Crippen LogP contribution in [0.15, 0.2) is 32.6 Å². The molecule has 5 heteroatoms. The molecule has 0 spiro atoms. The predicted octanol–water partition coefficient (Wildman–Crippen LogP) is 0.955. The normalized spacial score (nSPS) is 10.5. The summed E-state index contributed by atoms with van der Waals surface area (Å²) in [5, 5.41) is 3.94. The Morgan fingerprint density at radius 1 is 1.47 bits per heavy atom. The molecule has 0 radical (unpaired) electrons. The Morgan fingerprint density at radius 2 is 2.27 bits per heavy atom. The van der Waals surface area contributed by atoms with Gasteiger partial charge in [-0.25, -0.2) is 4.79 Å². The monoisotopic (exact) mass is 222 g/mol. The molecular weight excluding hydrogens is 212 g/mol. The second-order valence-electron chi connectivity index (χ2n) is 3.33. The SMILES string of the molecule is Cc1cn(Cc2ccsc2)c(=O)[nH]c1=O. The van der Waals surface area contributed by atoms with Crippen LogP contribution < -0.4 is 11.2 Å². The molecule has 2 heterocycles. The van der Waals surface area contributed by atoms with Crippen LogP contribution in [-0.2, 0) is 6.54 Å². The molecule has 0 aliphatic rings. The van der Waals surface area contributed by atoms with Crippen molar-refractivity contribution in [2.24, 2.45) is 0 Å². The van der Waals surface area contributed by atoms with Crippen molar-refractivity contribution in [1.82, 2.24) is 9.55 Å². The molecule has 0 aromatic carbocycles. The minimum absolute atomic E-state index is 0.318. The molecule has 0 atom stereocenters. The van der Waals surface area contributed by atoms with Gasteiger partial charge in [0.25, 0.3) is 5.56 Å². The van der Waals surface area contributed by atoms with E-state index in [-0.39, 0.29) is 11.2 Å². The molecule has 2 aromatic heterocycles. The molecule has 2 aromatic rings. The van der Waals surface area contributed by atoms with Gasteiger partial charge in [0.1, 0.15) is 0 Å². The van der Waals surface area contributed by atoms with E-state index >= 15 is 0 Å². The topological polar surface area (TPSA) is 54.9 Å². The van der Waals surface area contributed by atoms with Crippen LogP contribution >= 0.6 is 11.3 Å². The van der Waals surface area contributed by atoms with Crippen LogP contribution in [0.3, 0.4) is 0 Å². The number of hydrogen-bond donors (Lipinski definition) is 1. The Morgan fingerprint density at radius 3 is 2.93 bits per heavy atom. The first-order valence-corrected chi connectivity index (χ1v) is 5.42. The van der Waals surface area contributed by atoms with E-state index in [0.717, 1.165) is 5.56 Å². The zero-order valence-corrected chi connectivity index (χ0v) is 9.00. The standard InChI is InChI=1S/C10H10N2O2S/c1-7-4-12(10(14)11-9(7)13)5-8-2-3-15-6-8/h2-4,6H,5H2,1H3,(H,11,13,14). The van der Waals surface area contributed by atoms with E-state index in [1.165, 1.54) is 4.57 Å². The molecule has 2 rings (SSSR count). The van der Waals surface area contributed by atoms with Crippen LogP contribution in [0.25, 0.3) is 0 Å². The first kappa shape index (κ1) is 9.92. The van der Waals surface area contributed by atoms with Gasteiger partial charge in [-0.15, -0.1) is 0 Å². The van der Waals surface area contributed by atoms with Crippen molar-refractivity contribution in [2.45, 2.75) is 13.5 Å². The third-order valence-electron chi connectivity index (χ3n) is 2.12. The Hall–Kier alpha value is -1.62. The van der Waals surface area contributed by atoms with E-state index in [1.54, 1.807) is 24.5 Å². The van der Waals surface area contributed by atoms with Crippen LogP contribution in [0.2, 0.25) is 0 Å². The van der Waals surface area contributed by atoms with Crippen LogP contribution in [-0.4, -0.2) is 9.55 Å². The summed E-state index contributed by atoms with van der Waals surface area (Å²) in [6.07, 6.45) is 1.58. The highest BCUT2D eigenvalue weighted by Gasteiger charge is 2.01. The number of nitrogens with one attached hydrogen (secondary N) is 1. The summed E-state index contributed by atoms with van der Waals surface area (Å²) in [6.45, 7) is 2.18. The molecule has 0 bridgehead atoms. The van der Waals surface area contributed by atoms with Gasteiger partial charge in [-0.05, 0) is 29.3 Å². The Kier molecular flexibility index (Phi) is 2.55. The van der Waals surface area contributed by atoms with E-state index in [4.69, 9.17) is 0 Å². The van der Waals surface area contributed by atoms with Gasteiger partial charge in [-0.2, -0.15) is 11.3 Å². The van der Waals surface area contributed by atoms with Crippen LogP contribution in [0.4, 0.5) is 0 Å². The Balaban J connectivity index is 2.42. The number of aromatic amines is 1. The molecule has 0 amide bonds. The Bertz CT molecular complexity index is 566. The van der Waals surface area contributed by atoms with Gasteiger partial charge >= 0.3 is 5.69 Å². The zero-order valence-electron chi connectivity index (χ0n) is 8.19. The third kappa shape index (κ3) is 2.07. The summed E-state index contributed by atoms with van der Waals surface area (Å²) in [6, 6.07) is 1.96. The zero-order chi connectivity index (χ0) is 10.8. The number of H-pyrrole nitrogens is 1. The van der Waals surface area contributed by atoms with E-state index in [0.29, 0.717) is 12.1 Å². The maximum absolute atomic E-state index is 11.4. The average molecular weight is 222 g/mol. The quantitative estimate of drug-likeness (QED) is 0.822. The first-order chi connectivity index (χ1) is 7.16. The Labute approximate surface area is 89.8 Å². The lowest BCUT2D eigenvalue weighted by Gasteiger charge is -2.03. The lowest BCUT2D eigenvalue weighted by molar-refractivity contribution is 0.715. The van der Waals surface area contributed by atoms with Gasteiger partial charge in [-0.3, -0.25) is 14.3 Å². The largest absolute Gasteiger partial charge is 0.328 e. The number of rotatable bonds is 2.